The molecule has 0 atom stereocenters. The first-order chi connectivity index (χ1) is 9.20. The smallest absolute Gasteiger partial charge is 0.140 e. The summed E-state index contributed by atoms with van der Waals surface area (Å²) in [6.07, 6.45) is 3.82. The van der Waals surface area contributed by atoms with Crippen LogP contribution in [0.1, 0.15) is 30.4 Å². The van der Waals surface area contributed by atoms with Gasteiger partial charge in [0.05, 0.1) is 9.26 Å². The molecule has 0 radical (unpaired) electrons. The van der Waals surface area contributed by atoms with E-state index in [4.69, 9.17) is 5.73 Å². The Balaban J connectivity index is 2.12. The molecule has 0 fully saturated rings. The second-order valence-electron chi connectivity index (χ2n) is 4.52. The van der Waals surface area contributed by atoms with Gasteiger partial charge in [-0.2, -0.15) is 0 Å². The van der Waals surface area contributed by atoms with Crippen LogP contribution >= 0.6 is 22.6 Å². The van der Waals surface area contributed by atoms with Crippen LogP contribution in [-0.4, -0.2) is 9.97 Å². The Morgan fingerprint density at radius 2 is 1.79 bits per heavy atom. The van der Waals surface area contributed by atoms with Gasteiger partial charge in [0.15, 0.2) is 0 Å². The largest absolute Gasteiger partial charge is 0.383 e. The number of aromatic nitrogens is 2. The summed E-state index contributed by atoms with van der Waals surface area (Å²) < 4.78 is 1.00. The highest BCUT2D eigenvalue weighted by Crippen LogP contribution is 2.18. The summed E-state index contributed by atoms with van der Waals surface area (Å²) in [7, 11) is 0. The van der Waals surface area contributed by atoms with Crippen LogP contribution in [0.25, 0.3) is 0 Å². The normalized spacial score (nSPS) is 10.6. The van der Waals surface area contributed by atoms with Gasteiger partial charge in [-0.1, -0.05) is 43.7 Å². The van der Waals surface area contributed by atoms with E-state index in [2.05, 4.69) is 63.7 Å². The summed E-state index contributed by atoms with van der Waals surface area (Å²) in [6.45, 7) is 2.15. The maximum Gasteiger partial charge on any atom is 0.140 e. The number of aryl methyl sites for hydroxylation is 3. The number of rotatable bonds is 5. The Hall–Kier alpha value is -1.17. The van der Waals surface area contributed by atoms with Crippen LogP contribution in [0.4, 0.5) is 5.82 Å². The van der Waals surface area contributed by atoms with Crippen molar-refractivity contribution in [1.82, 2.24) is 9.97 Å². The molecule has 4 heteroatoms. The number of nitrogen functional groups attached to an aromatic ring is 1. The minimum atomic E-state index is 0.613. The molecule has 100 valence electrons. The number of benzene rings is 1. The first-order valence-corrected chi connectivity index (χ1v) is 7.63. The van der Waals surface area contributed by atoms with Gasteiger partial charge in [-0.25, -0.2) is 9.97 Å². The van der Waals surface area contributed by atoms with Crippen molar-refractivity contribution < 1.29 is 0 Å². The van der Waals surface area contributed by atoms with E-state index in [9.17, 15) is 0 Å². The van der Waals surface area contributed by atoms with Gasteiger partial charge in [0, 0.05) is 6.42 Å². The third kappa shape index (κ3) is 3.89. The molecule has 0 unspecified atom stereocenters. The van der Waals surface area contributed by atoms with E-state index in [1.165, 1.54) is 5.56 Å². The molecule has 0 aliphatic carbocycles. The van der Waals surface area contributed by atoms with E-state index in [-0.39, 0.29) is 0 Å². The fourth-order valence-corrected chi connectivity index (χ4v) is 2.49. The minimum absolute atomic E-state index is 0.613. The van der Waals surface area contributed by atoms with E-state index >= 15 is 0 Å². The van der Waals surface area contributed by atoms with Crippen LogP contribution in [0.3, 0.4) is 0 Å². The molecular formula is C15H18IN3. The number of nitrogens with zero attached hydrogens (tertiary/aromatic N) is 2. The summed E-state index contributed by atoms with van der Waals surface area (Å²) >= 11 is 2.23. The Morgan fingerprint density at radius 3 is 2.47 bits per heavy atom. The van der Waals surface area contributed by atoms with Crippen molar-refractivity contribution in [3.05, 3.63) is 51.0 Å². The van der Waals surface area contributed by atoms with Crippen LogP contribution in [0, 0.1) is 3.57 Å². The Bertz CT molecular complexity index is 541. The lowest BCUT2D eigenvalue weighted by Crippen LogP contribution is -2.08. The molecule has 0 aliphatic rings. The van der Waals surface area contributed by atoms with E-state index in [0.717, 1.165) is 40.8 Å². The molecule has 1 aromatic carbocycles. The molecule has 3 nitrogen and oxygen atoms in total. The highest BCUT2D eigenvalue weighted by Gasteiger charge is 2.09. The molecule has 0 spiro atoms. The molecule has 0 aliphatic heterocycles. The van der Waals surface area contributed by atoms with E-state index in [0.29, 0.717) is 5.82 Å². The average molecular weight is 367 g/mol. The van der Waals surface area contributed by atoms with Gasteiger partial charge in [0.1, 0.15) is 11.6 Å². The van der Waals surface area contributed by atoms with Gasteiger partial charge in [0.2, 0.25) is 0 Å². The van der Waals surface area contributed by atoms with Gasteiger partial charge < -0.3 is 5.73 Å². The van der Waals surface area contributed by atoms with Gasteiger partial charge in [-0.3, -0.25) is 0 Å². The average Bonchev–Trinajstić information content (AvgIpc) is 2.43. The topological polar surface area (TPSA) is 51.8 Å². The molecule has 2 N–H and O–H groups in total. The highest BCUT2D eigenvalue weighted by molar-refractivity contribution is 14.1. The third-order valence-electron chi connectivity index (χ3n) is 2.96. The maximum atomic E-state index is 5.96. The zero-order chi connectivity index (χ0) is 13.7. The summed E-state index contributed by atoms with van der Waals surface area (Å²) in [4.78, 5) is 9.03. The summed E-state index contributed by atoms with van der Waals surface area (Å²) in [5, 5.41) is 0. The van der Waals surface area contributed by atoms with Gasteiger partial charge in [-0.05, 0) is 41.0 Å². The summed E-state index contributed by atoms with van der Waals surface area (Å²) in [5.41, 5.74) is 8.35. The van der Waals surface area contributed by atoms with E-state index < -0.39 is 0 Å². The first-order valence-electron chi connectivity index (χ1n) is 6.55. The van der Waals surface area contributed by atoms with Crippen LogP contribution < -0.4 is 5.73 Å². The zero-order valence-corrected chi connectivity index (χ0v) is 13.2. The van der Waals surface area contributed by atoms with E-state index in [1.54, 1.807) is 0 Å². The van der Waals surface area contributed by atoms with Crippen LogP contribution in [-0.2, 0) is 19.3 Å². The van der Waals surface area contributed by atoms with Crippen molar-refractivity contribution in [1.29, 1.82) is 0 Å². The highest BCUT2D eigenvalue weighted by atomic mass is 127. The predicted molar refractivity (Wildman–Crippen MR) is 87.0 cm³/mol. The van der Waals surface area contributed by atoms with Crippen molar-refractivity contribution in [2.75, 3.05) is 5.73 Å². The monoisotopic (exact) mass is 367 g/mol. The van der Waals surface area contributed by atoms with Gasteiger partial charge >= 0.3 is 0 Å². The SMILES string of the molecule is CCCc1nc(CCc2ccccc2)nc(N)c1I. The fourth-order valence-electron chi connectivity index (χ4n) is 1.98. The lowest BCUT2D eigenvalue weighted by molar-refractivity contribution is 0.802. The van der Waals surface area contributed by atoms with Gasteiger partial charge in [0.25, 0.3) is 0 Å². The molecule has 0 amide bonds. The van der Waals surface area contributed by atoms with Crippen LogP contribution in [0.5, 0.6) is 0 Å². The Kier molecular flexibility index (Phi) is 5.13. The van der Waals surface area contributed by atoms with E-state index in [1.807, 2.05) is 6.07 Å². The third-order valence-corrected chi connectivity index (χ3v) is 4.13. The standard InChI is InChI=1S/C15H18IN3/c1-2-6-12-14(16)15(17)19-13(18-12)10-9-11-7-4-3-5-8-11/h3-5,7-8H,2,6,9-10H2,1H3,(H2,17,18,19). The fraction of sp³-hybridized carbons (Fsp3) is 0.333. The molecule has 0 bridgehead atoms. The molecule has 0 saturated carbocycles. The summed E-state index contributed by atoms with van der Waals surface area (Å²) in [6, 6.07) is 10.4. The predicted octanol–water partition coefficient (Wildman–Crippen LogP) is 3.40. The summed E-state index contributed by atoms with van der Waals surface area (Å²) in [5.74, 6) is 1.47. The van der Waals surface area contributed by atoms with Crippen molar-refractivity contribution in [2.24, 2.45) is 0 Å². The number of hydrogen-bond donors (Lipinski definition) is 1. The Morgan fingerprint density at radius 1 is 1.05 bits per heavy atom. The van der Waals surface area contributed by atoms with Crippen molar-refractivity contribution in [2.45, 2.75) is 32.6 Å². The number of nitrogens with two attached hydrogens (primary N) is 1. The quantitative estimate of drug-likeness (QED) is 0.825. The molecule has 19 heavy (non-hydrogen) atoms. The number of hydrogen-bond acceptors (Lipinski definition) is 3. The van der Waals surface area contributed by atoms with Crippen molar-refractivity contribution >= 4 is 28.4 Å². The van der Waals surface area contributed by atoms with Gasteiger partial charge in [-0.15, -0.1) is 0 Å². The van der Waals surface area contributed by atoms with Crippen molar-refractivity contribution in [3.8, 4) is 0 Å². The van der Waals surface area contributed by atoms with Crippen LogP contribution in [0.15, 0.2) is 30.3 Å². The first kappa shape index (κ1) is 14.2. The zero-order valence-electron chi connectivity index (χ0n) is 11.1. The number of anilines is 1. The van der Waals surface area contributed by atoms with Crippen molar-refractivity contribution in [3.63, 3.8) is 0 Å². The minimum Gasteiger partial charge on any atom is -0.383 e. The lowest BCUT2D eigenvalue weighted by Gasteiger charge is -2.08. The van der Waals surface area contributed by atoms with Crippen LogP contribution in [0.2, 0.25) is 0 Å². The second-order valence-corrected chi connectivity index (χ2v) is 5.60. The molecule has 1 aromatic heterocycles. The Labute approximate surface area is 127 Å². The molecular weight excluding hydrogens is 349 g/mol. The molecule has 2 rings (SSSR count). The molecule has 2 aromatic rings. The second kappa shape index (κ2) is 6.84. The molecule has 0 saturated heterocycles. The molecule has 1 heterocycles. The lowest BCUT2D eigenvalue weighted by atomic mass is 10.1. The maximum absolute atomic E-state index is 5.96. The number of halogens is 1.